The summed E-state index contributed by atoms with van der Waals surface area (Å²) in [5, 5.41) is 25.4. The molecule has 12 heteroatoms. The standard InChI is InChI=1S/C19H12N4O8/c24-18(12-3-5-14(6-4-12)22(26)27)21-20-11-13-10-15(23(28)29)7-8-16(13)31-19(25)17-2-1-9-30-17/h1-11H,(H,21,24)/b20-11+. The van der Waals surface area contributed by atoms with E-state index in [1.54, 1.807) is 0 Å². The van der Waals surface area contributed by atoms with Crippen LogP contribution < -0.4 is 10.2 Å². The number of hydrazone groups is 1. The van der Waals surface area contributed by atoms with Crippen molar-refractivity contribution >= 4 is 29.5 Å². The van der Waals surface area contributed by atoms with Crippen molar-refractivity contribution in [3.8, 4) is 5.75 Å². The van der Waals surface area contributed by atoms with Crippen molar-refractivity contribution < 1.29 is 28.6 Å². The average Bonchev–Trinajstić information content (AvgIpc) is 3.29. The molecule has 12 nitrogen and oxygen atoms in total. The van der Waals surface area contributed by atoms with Gasteiger partial charge in [-0.3, -0.25) is 25.0 Å². The molecule has 0 fully saturated rings. The van der Waals surface area contributed by atoms with E-state index in [0.29, 0.717) is 0 Å². The molecule has 0 unspecified atom stereocenters. The molecule has 0 spiro atoms. The fourth-order valence-electron chi connectivity index (χ4n) is 2.35. The zero-order chi connectivity index (χ0) is 22.4. The molecule has 0 saturated carbocycles. The first-order valence-corrected chi connectivity index (χ1v) is 8.47. The normalized spacial score (nSPS) is 10.6. The van der Waals surface area contributed by atoms with Crippen molar-refractivity contribution in [3.63, 3.8) is 0 Å². The number of amides is 1. The number of rotatable bonds is 7. The first-order valence-electron chi connectivity index (χ1n) is 8.47. The lowest BCUT2D eigenvalue weighted by atomic mass is 10.2. The number of benzene rings is 2. The number of esters is 1. The van der Waals surface area contributed by atoms with Crippen LogP contribution in [0.25, 0.3) is 0 Å². The van der Waals surface area contributed by atoms with Crippen LogP contribution in [0.2, 0.25) is 0 Å². The molecule has 0 aliphatic rings. The van der Waals surface area contributed by atoms with Crippen LogP contribution in [0.1, 0.15) is 26.5 Å². The van der Waals surface area contributed by atoms with Gasteiger partial charge in [0.05, 0.1) is 22.3 Å². The quantitative estimate of drug-likeness (QED) is 0.198. The summed E-state index contributed by atoms with van der Waals surface area (Å²) in [6.07, 6.45) is 2.34. The van der Waals surface area contributed by atoms with E-state index in [1.807, 2.05) is 0 Å². The fraction of sp³-hybridized carbons (Fsp3) is 0. The molecule has 2 aromatic carbocycles. The minimum atomic E-state index is -0.830. The topological polar surface area (TPSA) is 167 Å². The molecule has 0 aliphatic heterocycles. The fourth-order valence-corrected chi connectivity index (χ4v) is 2.35. The number of nitro benzene ring substituents is 2. The Morgan fingerprint density at radius 3 is 2.29 bits per heavy atom. The maximum atomic E-state index is 12.1. The number of furan rings is 1. The molecule has 0 aliphatic carbocycles. The molecule has 1 aromatic heterocycles. The Bertz CT molecular complexity index is 1170. The highest BCUT2D eigenvalue weighted by atomic mass is 16.6. The highest BCUT2D eigenvalue weighted by molar-refractivity contribution is 5.96. The van der Waals surface area contributed by atoms with E-state index in [9.17, 15) is 29.8 Å². The predicted octanol–water partition coefficient (Wildman–Crippen LogP) is 3.08. The number of nitrogens with zero attached hydrogens (tertiary/aromatic N) is 3. The van der Waals surface area contributed by atoms with E-state index in [1.165, 1.54) is 36.6 Å². The lowest BCUT2D eigenvalue weighted by Crippen LogP contribution is -2.17. The third-order valence-corrected chi connectivity index (χ3v) is 3.84. The maximum absolute atomic E-state index is 12.1. The third-order valence-electron chi connectivity index (χ3n) is 3.84. The molecule has 1 amide bonds. The Kier molecular flexibility index (Phi) is 6.11. The summed E-state index contributed by atoms with van der Waals surface area (Å²) in [4.78, 5) is 44.6. The van der Waals surface area contributed by atoms with Gasteiger partial charge in [-0.05, 0) is 30.3 Å². The molecule has 0 bridgehead atoms. The van der Waals surface area contributed by atoms with Crippen molar-refractivity contribution in [1.82, 2.24) is 5.43 Å². The highest BCUT2D eigenvalue weighted by Gasteiger charge is 2.17. The monoisotopic (exact) mass is 424 g/mol. The minimum Gasteiger partial charge on any atom is -0.457 e. The molecule has 31 heavy (non-hydrogen) atoms. The zero-order valence-corrected chi connectivity index (χ0v) is 15.5. The minimum absolute atomic E-state index is 0.0399. The van der Waals surface area contributed by atoms with Gasteiger partial charge < -0.3 is 9.15 Å². The van der Waals surface area contributed by atoms with Gasteiger partial charge in [0.25, 0.3) is 17.3 Å². The van der Waals surface area contributed by atoms with E-state index in [-0.39, 0.29) is 34.0 Å². The summed E-state index contributed by atoms with van der Waals surface area (Å²) >= 11 is 0. The summed E-state index contributed by atoms with van der Waals surface area (Å²) in [6, 6.07) is 11.1. The molecular weight excluding hydrogens is 412 g/mol. The number of nitrogens with one attached hydrogen (secondary N) is 1. The van der Waals surface area contributed by atoms with Gasteiger partial charge in [0.15, 0.2) is 0 Å². The van der Waals surface area contributed by atoms with Crippen LogP contribution >= 0.6 is 0 Å². The number of carbonyl (C=O) groups is 2. The summed E-state index contributed by atoms with van der Waals surface area (Å²) < 4.78 is 10.1. The average molecular weight is 424 g/mol. The van der Waals surface area contributed by atoms with Crippen molar-refractivity contribution in [2.75, 3.05) is 0 Å². The summed E-state index contributed by atoms with van der Waals surface area (Å²) in [6.45, 7) is 0. The van der Waals surface area contributed by atoms with Crippen molar-refractivity contribution in [1.29, 1.82) is 0 Å². The lowest BCUT2D eigenvalue weighted by Gasteiger charge is -2.06. The van der Waals surface area contributed by atoms with Gasteiger partial charge in [-0.2, -0.15) is 5.10 Å². The SMILES string of the molecule is O=C(N/N=C/c1cc([N+](=O)[O-])ccc1OC(=O)c1ccco1)c1ccc([N+](=O)[O-])cc1. The van der Waals surface area contributed by atoms with E-state index in [0.717, 1.165) is 30.5 Å². The van der Waals surface area contributed by atoms with Gasteiger partial charge in [-0.25, -0.2) is 10.2 Å². The van der Waals surface area contributed by atoms with Crippen LogP contribution in [0.3, 0.4) is 0 Å². The Labute approximate surface area is 173 Å². The number of nitro groups is 2. The molecule has 1 heterocycles. The first-order chi connectivity index (χ1) is 14.8. The second-order valence-corrected chi connectivity index (χ2v) is 5.85. The van der Waals surface area contributed by atoms with Gasteiger partial charge in [0.2, 0.25) is 5.76 Å². The summed E-state index contributed by atoms with van der Waals surface area (Å²) in [5.41, 5.74) is 1.86. The Morgan fingerprint density at radius 2 is 1.68 bits per heavy atom. The molecule has 3 rings (SSSR count). The molecular formula is C19H12N4O8. The van der Waals surface area contributed by atoms with Crippen LogP contribution in [-0.2, 0) is 0 Å². The van der Waals surface area contributed by atoms with Gasteiger partial charge in [-0.1, -0.05) is 0 Å². The second kappa shape index (κ2) is 9.09. The van der Waals surface area contributed by atoms with Gasteiger partial charge in [-0.15, -0.1) is 0 Å². The van der Waals surface area contributed by atoms with Crippen LogP contribution in [0.15, 0.2) is 70.4 Å². The lowest BCUT2D eigenvalue weighted by molar-refractivity contribution is -0.385. The van der Waals surface area contributed by atoms with Gasteiger partial charge in [0, 0.05) is 35.4 Å². The smallest absolute Gasteiger partial charge is 0.379 e. The van der Waals surface area contributed by atoms with Crippen LogP contribution in [0.4, 0.5) is 11.4 Å². The van der Waals surface area contributed by atoms with Gasteiger partial charge >= 0.3 is 5.97 Å². The number of non-ortho nitro benzene ring substituents is 2. The number of ether oxygens (including phenoxy) is 1. The molecule has 0 saturated heterocycles. The van der Waals surface area contributed by atoms with E-state index in [2.05, 4.69) is 10.5 Å². The molecule has 3 aromatic rings. The first kappa shape index (κ1) is 20.9. The summed E-state index contributed by atoms with van der Waals surface area (Å²) in [5.74, 6) is -1.64. The highest BCUT2D eigenvalue weighted by Crippen LogP contribution is 2.24. The Hall–Kier alpha value is -4.87. The maximum Gasteiger partial charge on any atom is 0.379 e. The Balaban J connectivity index is 1.77. The van der Waals surface area contributed by atoms with Crippen LogP contribution in [0, 0.1) is 20.2 Å². The van der Waals surface area contributed by atoms with Crippen molar-refractivity contribution in [2.45, 2.75) is 0 Å². The van der Waals surface area contributed by atoms with Crippen molar-refractivity contribution in [3.05, 3.63) is 98.0 Å². The molecule has 0 radical (unpaired) electrons. The summed E-state index contributed by atoms with van der Waals surface area (Å²) in [7, 11) is 0. The molecule has 1 N–H and O–H groups in total. The van der Waals surface area contributed by atoms with Crippen molar-refractivity contribution in [2.24, 2.45) is 5.10 Å². The van der Waals surface area contributed by atoms with E-state index >= 15 is 0 Å². The van der Waals surface area contributed by atoms with Gasteiger partial charge in [0.1, 0.15) is 5.75 Å². The van der Waals surface area contributed by atoms with Crippen LogP contribution in [0.5, 0.6) is 5.75 Å². The van der Waals surface area contributed by atoms with E-state index < -0.39 is 21.7 Å². The third kappa shape index (κ3) is 5.14. The van der Waals surface area contributed by atoms with E-state index in [4.69, 9.17) is 9.15 Å². The number of hydrogen-bond acceptors (Lipinski definition) is 9. The Morgan fingerprint density at radius 1 is 1.00 bits per heavy atom. The largest absolute Gasteiger partial charge is 0.457 e. The molecule has 156 valence electrons. The zero-order valence-electron chi connectivity index (χ0n) is 15.5. The second-order valence-electron chi connectivity index (χ2n) is 5.85. The van der Waals surface area contributed by atoms with Crippen LogP contribution in [-0.4, -0.2) is 27.9 Å². The number of hydrogen-bond donors (Lipinski definition) is 1. The predicted molar refractivity (Wildman–Crippen MR) is 105 cm³/mol. The number of carbonyl (C=O) groups excluding carboxylic acids is 2. The molecule has 0 atom stereocenters.